The molecule has 0 saturated carbocycles. The number of nitrogens with one attached hydrogen (secondary N) is 2. The van der Waals surface area contributed by atoms with E-state index >= 15 is 0 Å². The molecule has 1 saturated heterocycles. The quantitative estimate of drug-likeness (QED) is 0.475. The molecule has 1 aliphatic carbocycles. The number of hydrogen-bond donors (Lipinski definition) is 2. The van der Waals surface area contributed by atoms with Gasteiger partial charge in [0, 0.05) is 44.3 Å². The summed E-state index contributed by atoms with van der Waals surface area (Å²) in [4.78, 5) is 14.9. The van der Waals surface area contributed by atoms with Gasteiger partial charge in [-0.1, -0.05) is 60.2 Å². The first-order valence-electron chi connectivity index (χ1n) is 12.2. The van der Waals surface area contributed by atoms with Crippen molar-refractivity contribution >= 4 is 24.2 Å². The Labute approximate surface area is 257 Å². The topological polar surface area (TPSA) is 53.6 Å². The molecule has 37 heavy (non-hydrogen) atoms. The number of amides is 1. The summed E-state index contributed by atoms with van der Waals surface area (Å²) in [6, 6.07) is 18.8. The molecule has 0 unspecified atom stereocenters. The van der Waals surface area contributed by atoms with Gasteiger partial charge >= 0.3 is 64.5 Å². The van der Waals surface area contributed by atoms with E-state index in [9.17, 15) is 17.7 Å². The standard InChI is InChI=1S/C27H28BF3N3O2.K/c1-18-25(28(29,30)31)14-19(16-34-12-10-32-11-13-34)15-26(18)33-27(35)36-17-24-22-8-4-2-6-20(22)21-7-3-5-9-23(21)24;/h2-9,14-15,24,32H,10-13,16-17H2,1H3,(H,33,35);/q-1;+1. The molecule has 188 valence electrons. The number of halogens is 3. The van der Waals surface area contributed by atoms with E-state index in [1.54, 1.807) is 6.07 Å². The van der Waals surface area contributed by atoms with E-state index in [0.29, 0.717) is 12.1 Å². The molecule has 3 aromatic rings. The molecular formula is C27H28BF3KN3O2. The third-order valence-corrected chi connectivity index (χ3v) is 7.06. The molecular weight excluding hydrogens is 505 g/mol. The number of nitrogens with zero attached hydrogens (tertiary/aromatic N) is 1. The molecule has 3 aromatic carbocycles. The Morgan fingerprint density at radius 1 is 1.03 bits per heavy atom. The van der Waals surface area contributed by atoms with Crippen molar-refractivity contribution in [1.29, 1.82) is 0 Å². The third kappa shape index (κ3) is 6.33. The molecule has 1 aliphatic heterocycles. The first-order valence-corrected chi connectivity index (χ1v) is 12.2. The molecule has 2 N–H and O–H groups in total. The number of benzene rings is 3. The number of fused-ring (bicyclic) bond motifs is 3. The van der Waals surface area contributed by atoms with Crippen molar-refractivity contribution in [3.8, 4) is 11.1 Å². The second-order valence-electron chi connectivity index (χ2n) is 9.41. The van der Waals surface area contributed by atoms with Crippen LogP contribution in [0.5, 0.6) is 0 Å². The van der Waals surface area contributed by atoms with Crippen molar-refractivity contribution < 1.29 is 73.9 Å². The van der Waals surface area contributed by atoms with Crippen LogP contribution in [0, 0.1) is 6.92 Å². The number of anilines is 1. The molecule has 1 amide bonds. The van der Waals surface area contributed by atoms with Crippen molar-refractivity contribution in [3.63, 3.8) is 0 Å². The summed E-state index contributed by atoms with van der Waals surface area (Å²) in [7, 11) is 0. The molecule has 2 aliphatic rings. The molecule has 0 bridgehead atoms. The minimum atomic E-state index is -5.23. The van der Waals surface area contributed by atoms with Crippen LogP contribution in [-0.2, 0) is 11.3 Å². The summed E-state index contributed by atoms with van der Waals surface area (Å²) >= 11 is 0. The van der Waals surface area contributed by atoms with E-state index in [2.05, 4.69) is 15.5 Å². The van der Waals surface area contributed by atoms with E-state index in [1.165, 1.54) is 13.0 Å². The Morgan fingerprint density at radius 2 is 1.62 bits per heavy atom. The molecule has 0 atom stereocenters. The van der Waals surface area contributed by atoms with Gasteiger partial charge in [0.15, 0.2) is 0 Å². The van der Waals surface area contributed by atoms with Gasteiger partial charge in [0.1, 0.15) is 6.61 Å². The molecule has 10 heteroatoms. The van der Waals surface area contributed by atoms with Gasteiger partial charge in [0.05, 0.1) is 0 Å². The smallest absolute Gasteiger partial charge is 0.448 e. The maximum atomic E-state index is 13.9. The van der Waals surface area contributed by atoms with Crippen LogP contribution in [0.2, 0.25) is 0 Å². The summed E-state index contributed by atoms with van der Waals surface area (Å²) < 4.78 is 47.1. The van der Waals surface area contributed by atoms with Gasteiger partial charge in [-0.25, -0.2) is 4.79 Å². The van der Waals surface area contributed by atoms with Crippen molar-refractivity contribution in [2.75, 3.05) is 38.1 Å². The summed E-state index contributed by atoms with van der Waals surface area (Å²) in [5, 5.41) is 5.83. The zero-order chi connectivity index (χ0) is 25.3. The van der Waals surface area contributed by atoms with E-state index in [4.69, 9.17) is 4.74 Å². The van der Waals surface area contributed by atoms with E-state index < -0.39 is 18.5 Å². The zero-order valence-corrected chi connectivity index (χ0v) is 24.2. The normalized spacial score (nSPS) is 15.5. The fraction of sp³-hybridized carbons (Fsp3) is 0.296. The molecule has 0 radical (unpaired) electrons. The van der Waals surface area contributed by atoms with Gasteiger partial charge in [-0.2, -0.15) is 0 Å². The predicted octanol–water partition coefficient (Wildman–Crippen LogP) is 1.82. The summed E-state index contributed by atoms with van der Waals surface area (Å²) in [5.41, 5.74) is 4.33. The molecule has 5 rings (SSSR count). The first-order chi connectivity index (χ1) is 17.3. The molecule has 1 fully saturated rings. The number of carbonyl (C=O) groups excluding carboxylic acids is 1. The monoisotopic (exact) mass is 533 g/mol. The molecule has 0 spiro atoms. The van der Waals surface area contributed by atoms with Crippen molar-refractivity contribution in [1.82, 2.24) is 10.2 Å². The van der Waals surface area contributed by atoms with Crippen LogP contribution in [0.25, 0.3) is 11.1 Å². The predicted molar refractivity (Wildman–Crippen MR) is 137 cm³/mol. The average molecular weight is 533 g/mol. The van der Waals surface area contributed by atoms with Crippen LogP contribution in [-0.4, -0.2) is 50.8 Å². The minimum Gasteiger partial charge on any atom is -0.448 e. The average Bonchev–Trinajstić information content (AvgIpc) is 3.18. The van der Waals surface area contributed by atoms with Crippen LogP contribution in [0.15, 0.2) is 60.7 Å². The Kier molecular flexibility index (Phi) is 9.22. The third-order valence-electron chi connectivity index (χ3n) is 7.06. The van der Waals surface area contributed by atoms with Crippen LogP contribution in [0.4, 0.5) is 23.4 Å². The van der Waals surface area contributed by atoms with Crippen LogP contribution in [0.1, 0.15) is 28.2 Å². The fourth-order valence-electron chi connectivity index (χ4n) is 5.23. The van der Waals surface area contributed by atoms with E-state index in [0.717, 1.165) is 48.4 Å². The van der Waals surface area contributed by atoms with Gasteiger partial charge in [0.2, 0.25) is 0 Å². The Bertz CT molecular complexity index is 1240. The van der Waals surface area contributed by atoms with Crippen LogP contribution < -0.4 is 67.5 Å². The zero-order valence-electron chi connectivity index (χ0n) is 21.1. The Balaban J connectivity index is 0.00000320. The maximum absolute atomic E-state index is 13.9. The van der Waals surface area contributed by atoms with Gasteiger partial charge in [-0.15, -0.1) is 5.46 Å². The van der Waals surface area contributed by atoms with Crippen molar-refractivity contribution in [2.24, 2.45) is 0 Å². The number of carbonyl (C=O) groups is 1. The Hall–Kier alpha value is -1.66. The van der Waals surface area contributed by atoms with Crippen molar-refractivity contribution in [3.05, 3.63) is 82.9 Å². The number of ether oxygens (including phenoxy) is 1. The Morgan fingerprint density at radius 3 is 2.22 bits per heavy atom. The van der Waals surface area contributed by atoms with Crippen molar-refractivity contribution in [2.45, 2.75) is 19.4 Å². The van der Waals surface area contributed by atoms with Gasteiger partial charge in [-0.05, 0) is 40.8 Å². The van der Waals surface area contributed by atoms with Gasteiger partial charge in [-0.3, -0.25) is 10.2 Å². The SMILES string of the molecule is Cc1c(NC(=O)OCC2c3ccccc3-c3ccccc32)cc(CN2CCNCC2)cc1[B-](F)(F)F.[K+]. The number of piperazine rings is 1. The van der Waals surface area contributed by atoms with Crippen LogP contribution in [0.3, 0.4) is 0 Å². The number of hydrogen-bond acceptors (Lipinski definition) is 4. The minimum absolute atomic E-state index is 0. The summed E-state index contributed by atoms with van der Waals surface area (Å²) in [6.07, 6.45) is -0.764. The van der Waals surface area contributed by atoms with Gasteiger partial charge < -0.3 is 23.0 Å². The molecule has 0 aromatic heterocycles. The largest absolute Gasteiger partial charge is 1.00 e. The first kappa shape index (κ1) is 28.4. The van der Waals surface area contributed by atoms with E-state index in [1.807, 2.05) is 48.5 Å². The maximum Gasteiger partial charge on any atom is 1.00 e. The second kappa shape index (κ2) is 12.0. The second-order valence-corrected chi connectivity index (χ2v) is 9.41. The van der Waals surface area contributed by atoms with E-state index in [-0.39, 0.29) is 75.2 Å². The summed E-state index contributed by atoms with van der Waals surface area (Å²) in [5.74, 6) is -0.127. The molecule has 1 heterocycles. The summed E-state index contributed by atoms with van der Waals surface area (Å²) in [6.45, 7) is -0.250. The fourth-order valence-corrected chi connectivity index (χ4v) is 5.23. The van der Waals surface area contributed by atoms with Crippen LogP contribution >= 0.6 is 0 Å². The number of rotatable bonds is 6. The molecule has 5 nitrogen and oxygen atoms in total. The van der Waals surface area contributed by atoms with Gasteiger partial charge in [0.25, 0.3) is 0 Å².